The van der Waals surface area contributed by atoms with Crippen LogP contribution in [0.25, 0.3) is 11.3 Å². The number of nitrogens with one attached hydrogen (secondary N) is 2. The minimum atomic E-state index is -1.12. The Kier molecular flexibility index (Phi) is 8.53. The van der Waals surface area contributed by atoms with Gasteiger partial charge in [-0.2, -0.15) is 4.39 Å². The van der Waals surface area contributed by atoms with Crippen molar-refractivity contribution in [2.24, 2.45) is 7.05 Å². The molecule has 0 bridgehead atoms. The van der Waals surface area contributed by atoms with E-state index in [0.717, 1.165) is 5.56 Å². The topological polar surface area (TPSA) is 94.5 Å². The molecular formula is C25H28F2N4O4. The third kappa shape index (κ3) is 5.65. The number of carbonyl (C=O) groups is 2. The molecule has 0 aliphatic carbocycles. The fourth-order valence-electron chi connectivity index (χ4n) is 3.61. The van der Waals surface area contributed by atoms with E-state index >= 15 is 0 Å². The smallest absolute Gasteiger partial charge is 0.291 e. The van der Waals surface area contributed by atoms with Gasteiger partial charge in [-0.05, 0) is 49.2 Å². The van der Waals surface area contributed by atoms with Crippen molar-refractivity contribution >= 4 is 17.5 Å². The minimum Gasteiger partial charge on any atom is -0.494 e. The van der Waals surface area contributed by atoms with E-state index in [1.807, 2.05) is 13.8 Å². The van der Waals surface area contributed by atoms with Crippen LogP contribution in [0.15, 0.2) is 36.5 Å². The van der Waals surface area contributed by atoms with Crippen LogP contribution in [0, 0.1) is 11.6 Å². The van der Waals surface area contributed by atoms with Gasteiger partial charge in [-0.25, -0.2) is 9.37 Å². The molecule has 0 spiro atoms. The molecule has 0 aliphatic rings. The molecule has 0 aliphatic heterocycles. The Balaban J connectivity index is 1.78. The normalized spacial score (nSPS) is 10.8. The van der Waals surface area contributed by atoms with Crippen LogP contribution in [0.2, 0.25) is 0 Å². The molecule has 186 valence electrons. The third-order valence-electron chi connectivity index (χ3n) is 5.46. The van der Waals surface area contributed by atoms with Crippen LogP contribution < -0.4 is 15.4 Å². The molecule has 0 unspecified atom stereocenters. The predicted molar refractivity (Wildman–Crippen MR) is 128 cm³/mol. The maximum atomic E-state index is 14.5. The average Bonchev–Trinajstić information content (AvgIpc) is 3.24. The second-order valence-electron chi connectivity index (χ2n) is 7.60. The van der Waals surface area contributed by atoms with Crippen molar-refractivity contribution in [3.8, 4) is 17.0 Å². The quantitative estimate of drug-likeness (QED) is 0.423. The maximum Gasteiger partial charge on any atom is 0.291 e. The molecule has 0 saturated heterocycles. The van der Waals surface area contributed by atoms with Crippen molar-refractivity contribution in [2.45, 2.75) is 20.3 Å². The zero-order valence-corrected chi connectivity index (χ0v) is 20.1. The lowest BCUT2D eigenvalue weighted by Gasteiger charge is -2.12. The van der Waals surface area contributed by atoms with Crippen LogP contribution in [-0.2, 0) is 18.2 Å². The molecule has 2 aromatic carbocycles. The summed E-state index contributed by atoms with van der Waals surface area (Å²) in [6, 6.07) is 7.65. The first-order chi connectivity index (χ1) is 16.8. The van der Waals surface area contributed by atoms with Gasteiger partial charge < -0.3 is 24.7 Å². The zero-order valence-electron chi connectivity index (χ0n) is 20.1. The van der Waals surface area contributed by atoms with Crippen LogP contribution in [0.1, 0.15) is 40.4 Å². The standard InChI is InChI=1S/C25H28F2N4O4/c1-5-15-13-16(7-8-17(15)24(32)28-11-12-35-6-2)30-25(33)23-29-14-19(31(23)3)18-9-10-20(34-4)22(27)21(18)26/h7-10,13-14H,5-6,11-12H2,1-4H3,(H,28,32)(H,30,33). The van der Waals surface area contributed by atoms with E-state index in [4.69, 9.17) is 9.47 Å². The fourth-order valence-corrected chi connectivity index (χ4v) is 3.61. The number of ether oxygens (including phenoxy) is 2. The van der Waals surface area contributed by atoms with Crippen molar-refractivity contribution in [3.05, 3.63) is 65.1 Å². The summed E-state index contributed by atoms with van der Waals surface area (Å²) >= 11 is 0. The van der Waals surface area contributed by atoms with E-state index in [9.17, 15) is 18.4 Å². The fraction of sp³-hybridized carbons (Fsp3) is 0.320. The van der Waals surface area contributed by atoms with Crippen LogP contribution in [0.3, 0.4) is 0 Å². The Labute approximate surface area is 202 Å². The second-order valence-corrected chi connectivity index (χ2v) is 7.60. The van der Waals surface area contributed by atoms with Crippen molar-refractivity contribution < 1.29 is 27.8 Å². The molecule has 2 N–H and O–H groups in total. The molecule has 0 atom stereocenters. The van der Waals surface area contributed by atoms with Crippen LogP contribution in [-0.4, -0.2) is 48.2 Å². The number of carbonyl (C=O) groups excluding carboxylic acids is 2. The number of benzene rings is 2. The summed E-state index contributed by atoms with van der Waals surface area (Å²) in [5, 5.41) is 5.55. The lowest BCUT2D eigenvalue weighted by atomic mass is 10.0. The predicted octanol–water partition coefficient (Wildman–Crippen LogP) is 3.95. The molecule has 8 nitrogen and oxygen atoms in total. The summed E-state index contributed by atoms with van der Waals surface area (Å²) in [5.41, 5.74) is 1.92. The number of rotatable bonds is 10. The lowest BCUT2D eigenvalue weighted by Crippen LogP contribution is -2.28. The number of methoxy groups -OCH3 is 1. The number of anilines is 1. The molecule has 2 amide bonds. The van der Waals surface area contributed by atoms with Crippen LogP contribution >= 0.6 is 0 Å². The molecule has 0 radical (unpaired) electrons. The minimum absolute atomic E-state index is 0.00594. The number of hydrogen-bond acceptors (Lipinski definition) is 5. The van der Waals surface area contributed by atoms with E-state index in [0.29, 0.717) is 37.4 Å². The molecule has 0 saturated carbocycles. The Morgan fingerprint density at radius 3 is 2.54 bits per heavy atom. The highest BCUT2D eigenvalue weighted by Gasteiger charge is 2.21. The lowest BCUT2D eigenvalue weighted by molar-refractivity contribution is 0.0921. The van der Waals surface area contributed by atoms with E-state index in [-0.39, 0.29) is 28.7 Å². The average molecular weight is 487 g/mol. The molecule has 1 aromatic heterocycles. The van der Waals surface area contributed by atoms with E-state index in [1.165, 1.54) is 37.1 Å². The van der Waals surface area contributed by atoms with Gasteiger partial charge in [-0.1, -0.05) is 6.92 Å². The van der Waals surface area contributed by atoms with E-state index in [2.05, 4.69) is 15.6 Å². The number of halogens is 2. The molecule has 1 heterocycles. The highest BCUT2D eigenvalue weighted by molar-refractivity contribution is 6.03. The van der Waals surface area contributed by atoms with Crippen molar-refractivity contribution in [1.29, 1.82) is 0 Å². The Morgan fingerprint density at radius 1 is 1.09 bits per heavy atom. The Morgan fingerprint density at radius 2 is 1.86 bits per heavy atom. The second kappa shape index (κ2) is 11.6. The first-order valence-electron chi connectivity index (χ1n) is 11.2. The molecule has 3 aromatic rings. The summed E-state index contributed by atoms with van der Waals surface area (Å²) < 4.78 is 40.1. The van der Waals surface area contributed by atoms with E-state index < -0.39 is 17.5 Å². The Bertz CT molecular complexity index is 1230. The van der Waals surface area contributed by atoms with Gasteiger partial charge in [0.25, 0.3) is 11.8 Å². The molecule has 10 heteroatoms. The highest BCUT2D eigenvalue weighted by atomic mass is 19.2. The SMILES string of the molecule is CCOCCNC(=O)c1ccc(NC(=O)c2ncc(-c3ccc(OC)c(F)c3F)n2C)cc1CC. The third-order valence-corrected chi connectivity index (χ3v) is 5.46. The first kappa shape index (κ1) is 25.8. The molecule has 3 rings (SSSR count). The monoisotopic (exact) mass is 486 g/mol. The molecular weight excluding hydrogens is 458 g/mol. The van der Waals surface area contributed by atoms with Gasteiger partial charge in [-0.15, -0.1) is 0 Å². The number of aryl methyl sites for hydroxylation is 1. The Hall–Kier alpha value is -3.79. The van der Waals surface area contributed by atoms with Crippen LogP contribution in [0.5, 0.6) is 5.75 Å². The van der Waals surface area contributed by atoms with Gasteiger partial charge in [-0.3, -0.25) is 9.59 Å². The van der Waals surface area contributed by atoms with Gasteiger partial charge >= 0.3 is 0 Å². The molecule has 0 fully saturated rings. The summed E-state index contributed by atoms with van der Waals surface area (Å²) in [5.74, 6) is -3.18. The summed E-state index contributed by atoms with van der Waals surface area (Å²) in [6.07, 6.45) is 1.87. The maximum absolute atomic E-state index is 14.5. The van der Waals surface area contributed by atoms with Gasteiger partial charge in [0, 0.05) is 37.0 Å². The number of hydrogen-bond donors (Lipinski definition) is 2. The number of aromatic nitrogens is 2. The first-order valence-corrected chi connectivity index (χ1v) is 11.2. The van der Waals surface area contributed by atoms with Crippen molar-refractivity contribution in [2.75, 3.05) is 32.2 Å². The zero-order chi connectivity index (χ0) is 25.5. The van der Waals surface area contributed by atoms with E-state index in [1.54, 1.807) is 18.2 Å². The van der Waals surface area contributed by atoms with Crippen molar-refractivity contribution in [1.82, 2.24) is 14.9 Å². The van der Waals surface area contributed by atoms with Gasteiger partial charge in [0.1, 0.15) is 0 Å². The van der Waals surface area contributed by atoms with Gasteiger partial charge in [0.15, 0.2) is 17.4 Å². The highest BCUT2D eigenvalue weighted by Crippen LogP contribution is 2.30. The van der Waals surface area contributed by atoms with Gasteiger partial charge in [0.2, 0.25) is 5.82 Å². The number of nitrogens with zero attached hydrogens (tertiary/aromatic N) is 2. The summed E-state index contributed by atoms with van der Waals surface area (Å²) in [7, 11) is 2.78. The van der Waals surface area contributed by atoms with Crippen molar-refractivity contribution in [3.63, 3.8) is 0 Å². The molecule has 35 heavy (non-hydrogen) atoms. The largest absolute Gasteiger partial charge is 0.494 e. The number of amides is 2. The van der Waals surface area contributed by atoms with Crippen LogP contribution in [0.4, 0.5) is 14.5 Å². The number of imidazole rings is 1. The summed E-state index contributed by atoms with van der Waals surface area (Å²) in [6.45, 7) is 5.19. The van der Waals surface area contributed by atoms with Gasteiger partial charge in [0.05, 0.1) is 25.6 Å². The summed E-state index contributed by atoms with van der Waals surface area (Å²) in [4.78, 5) is 29.5.